The molecule has 1 amide bonds. The molecule has 1 rings (SSSR count). The number of hydrogen-bond acceptors (Lipinski definition) is 5. The van der Waals surface area contributed by atoms with Gasteiger partial charge in [0, 0.05) is 25.8 Å². The van der Waals surface area contributed by atoms with E-state index in [0.29, 0.717) is 18.5 Å². The number of nitro groups is 1. The zero-order valence-electron chi connectivity index (χ0n) is 11.2. The van der Waals surface area contributed by atoms with Crippen LogP contribution in [-0.4, -0.2) is 42.3 Å². The minimum atomic E-state index is -0.613. The lowest BCUT2D eigenvalue weighted by atomic mass is 10.1. The highest BCUT2D eigenvalue weighted by molar-refractivity contribution is 5.78. The van der Waals surface area contributed by atoms with Gasteiger partial charge in [-0.15, -0.1) is 0 Å². The van der Waals surface area contributed by atoms with Gasteiger partial charge in [-0.25, -0.2) is 0 Å². The van der Waals surface area contributed by atoms with Gasteiger partial charge in [-0.1, -0.05) is 12.1 Å². The third-order valence-corrected chi connectivity index (χ3v) is 2.64. The van der Waals surface area contributed by atoms with Gasteiger partial charge in [-0.05, 0) is 12.0 Å². The molecule has 0 aliphatic heterocycles. The largest absolute Gasteiger partial charge is 0.391 e. The fraction of sp³-hybridized carbons (Fsp3) is 0.462. The summed E-state index contributed by atoms with van der Waals surface area (Å²) in [6.07, 6.45) is -0.144. The first-order valence-corrected chi connectivity index (χ1v) is 6.20. The van der Waals surface area contributed by atoms with Crippen molar-refractivity contribution in [2.75, 3.05) is 20.3 Å². The van der Waals surface area contributed by atoms with Crippen LogP contribution in [0.5, 0.6) is 0 Å². The Balaban J connectivity index is 2.39. The number of non-ortho nitro benzene ring substituents is 1. The van der Waals surface area contributed by atoms with E-state index in [1.165, 1.54) is 19.2 Å². The minimum Gasteiger partial charge on any atom is -0.391 e. The Kier molecular flexibility index (Phi) is 6.61. The number of benzene rings is 1. The van der Waals surface area contributed by atoms with Crippen molar-refractivity contribution in [1.29, 1.82) is 0 Å². The van der Waals surface area contributed by atoms with Crippen LogP contribution < -0.4 is 5.32 Å². The van der Waals surface area contributed by atoms with E-state index in [1.54, 1.807) is 12.1 Å². The van der Waals surface area contributed by atoms with E-state index in [4.69, 9.17) is 4.74 Å². The van der Waals surface area contributed by atoms with Gasteiger partial charge in [0.05, 0.1) is 24.1 Å². The Morgan fingerprint density at radius 2 is 2.30 bits per heavy atom. The molecule has 20 heavy (non-hydrogen) atoms. The van der Waals surface area contributed by atoms with Gasteiger partial charge in [0.25, 0.3) is 5.69 Å². The maximum atomic E-state index is 11.6. The highest BCUT2D eigenvalue weighted by Gasteiger charge is 2.09. The summed E-state index contributed by atoms with van der Waals surface area (Å²) in [5, 5.41) is 22.7. The van der Waals surface area contributed by atoms with E-state index < -0.39 is 11.0 Å². The summed E-state index contributed by atoms with van der Waals surface area (Å²) in [4.78, 5) is 21.8. The zero-order chi connectivity index (χ0) is 15.0. The molecule has 0 fully saturated rings. The Bertz CT molecular complexity index is 464. The molecule has 0 aliphatic rings. The van der Waals surface area contributed by atoms with Crippen molar-refractivity contribution in [2.24, 2.45) is 0 Å². The molecule has 0 aromatic heterocycles. The molecule has 7 nitrogen and oxygen atoms in total. The molecular formula is C13H18N2O5. The first-order valence-electron chi connectivity index (χ1n) is 6.20. The molecule has 110 valence electrons. The predicted molar refractivity (Wildman–Crippen MR) is 72.3 cm³/mol. The van der Waals surface area contributed by atoms with Crippen LogP contribution in [0.1, 0.15) is 12.0 Å². The summed E-state index contributed by atoms with van der Waals surface area (Å²) < 4.78 is 4.77. The molecular weight excluding hydrogens is 264 g/mol. The van der Waals surface area contributed by atoms with Crippen LogP contribution in [0.25, 0.3) is 0 Å². The van der Waals surface area contributed by atoms with Crippen molar-refractivity contribution in [3.8, 4) is 0 Å². The van der Waals surface area contributed by atoms with Gasteiger partial charge < -0.3 is 15.2 Å². The van der Waals surface area contributed by atoms with Crippen molar-refractivity contribution in [3.63, 3.8) is 0 Å². The van der Waals surface area contributed by atoms with E-state index in [0.717, 1.165) is 0 Å². The number of nitro benzene ring substituents is 1. The van der Waals surface area contributed by atoms with Crippen molar-refractivity contribution in [1.82, 2.24) is 5.32 Å². The summed E-state index contributed by atoms with van der Waals surface area (Å²) in [7, 11) is 1.49. The van der Waals surface area contributed by atoms with Crippen LogP contribution >= 0.6 is 0 Å². The number of ether oxygens (including phenoxy) is 1. The van der Waals surface area contributed by atoms with Crippen LogP contribution in [0.3, 0.4) is 0 Å². The van der Waals surface area contributed by atoms with Crippen molar-refractivity contribution in [2.45, 2.75) is 18.9 Å². The molecule has 1 atom stereocenters. The highest BCUT2D eigenvalue weighted by Crippen LogP contribution is 2.13. The Labute approximate surface area is 116 Å². The van der Waals surface area contributed by atoms with E-state index in [9.17, 15) is 20.0 Å². The molecule has 0 radical (unpaired) electrons. The Morgan fingerprint density at radius 3 is 2.95 bits per heavy atom. The topological polar surface area (TPSA) is 102 Å². The fourth-order valence-corrected chi connectivity index (χ4v) is 1.68. The maximum absolute atomic E-state index is 11.6. The van der Waals surface area contributed by atoms with Crippen LogP contribution in [-0.2, 0) is 16.0 Å². The summed E-state index contributed by atoms with van der Waals surface area (Å²) in [6, 6.07) is 5.96. The van der Waals surface area contributed by atoms with Gasteiger partial charge in [0.2, 0.25) is 5.91 Å². The first-order chi connectivity index (χ1) is 9.52. The lowest BCUT2D eigenvalue weighted by molar-refractivity contribution is -0.384. The van der Waals surface area contributed by atoms with Gasteiger partial charge in [0.15, 0.2) is 0 Å². The number of methoxy groups -OCH3 is 1. The van der Waals surface area contributed by atoms with Crippen molar-refractivity contribution in [3.05, 3.63) is 39.9 Å². The van der Waals surface area contributed by atoms with Crippen LogP contribution in [0.4, 0.5) is 5.69 Å². The standard InChI is InChI=1S/C13H18N2O5/c1-20-9-12(16)5-6-14-13(17)8-10-3-2-4-11(7-10)15(18)19/h2-4,7,12,16H,5-6,8-9H2,1H3,(H,14,17). The number of nitrogens with one attached hydrogen (secondary N) is 1. The molecule has 1 aromatic carbocycles. The number of carbonyl (C=O) groups is 1. The quantitative estimate of drug-likeness (QED) is 0.538. The molecule has 0 saturated carbocycles. The average molecular weight is 282 g/mol. The smallest absolute Gasteiger partial charge is 0.269 e. The summed E-state index contributed by atoms with van der Waals surface area (Å²) >= 11 is 0. The third kappa shape index (κ3) is 5.77. The number of rotatable bonds is 8. The molecule has 1 unspecified atom stereocenters. The van der Waals surface area contributed by atoms with Gasteiger partial charge in [-0.3, -0.25) is 14.9 Å². The normalized spacial score (nSPS) is 11.9. The molecule has 0 aliphatic carbocycles. The number of hydrogen-bond donors (Lipinski definition) is 2. The first kappa shape index (κ1) is 16.1. The predicted octanol–water partition coefficient (Wildman–Crippen LogP) is 0.651. The second kappa shape index (κ2) is 8.23. The molecule has 1 aromatic rings. The van der Waals surface area contributed by atoms with E-state index in [-0.39, 0.29) is 24.6 Å². The monoisotopic (exact) mass is 282 g/mol. The van der Waals surface area contributed by atoms with Gasteiger partial charge in [0.1, 0.15) is 0 Å². The minimum absolute atomic E-state index is 0.0363. The van der Waals surface area contributed by atoms with E-state index in [2.05, 4.69) is 5.32 Å². The number of aliphatic hydroxyl groups excluding tert-OH is 1. The van der Waals surface area contributed by atoms with Gasteiger partial charge in [-0.2, -0.15) is 0 Å². The molecule has 2 N–H and O–H groups in total. The lowest BCUT2D eigenvalue weighted by Crippen LogP contribution is -2.29. The van der Waals surface area contributed by atoms with Crippen LogP contribution in [0.15, 0.2) is 24.3 Å². The lowest BCUT2D eigenvalue weighted by Gasteiger charge is -2.10. The van der Waals surface area contributed by atoms with E-state index >= 15 is 0 Å². The third-order valence-electron chi connectivity index (χ3n) is 2.64. The van der Waals surface area contributed by atoms with Crippen LogP contribution in [0, 0.1) is 10.1 Å². The number of carbonyl (C=O) groups excluding carboxylic acids is 1. The maximum Gasteiger partial charge on any atom is 0.269 e. The van der Waals surface area contributed by atoms with Gasteiger partial charge >= 0.3 is 0 Å². The molecule has 0 bridgehead atoms. The van der Waals surface area contributed by atoms with E-state index in [1.807, 2.05) is 0 Å². The van der Waals surface area contributed by atoms with Crippen molar-refractivity contribution >= 4 is 11.6 Å². The number of amides is 1. The molecule has 0 spiro atoms. The summed E-state index contributed by atoms with van der Waals surface area (Å²) in [5.41, 5.74) is 0.542. The number of nitrogens with zero attached hydrogens (tertiary/aromatic N) is 1. The highest BCUT2D eigenvalue weighted by atomic mass is 16.6. The SMILES string of the molecule is COCC(O)CCNC(=O)Cc1cccc([N+](=O)[O-])c1. The number of aliphatic hydroxyl groups is 1. The van der Waals surface area contributed by atoms with Crippen molar-refractivity contribution < 1.29 is 19.6 Å². The Hall–Kier alpha value is -1.99. The van der Waals surface area contributed by atoms with Crippen LogP contribution in [0.2, 0.25) is 0 Å². The molecule has 7 heteroatoms. The second-order valence-electron chi connectivity index (χ2n) is 4.35. The summed E-state index contributed by atoms with van der Waals surface area (Å²) in [5.74, 6) is -0.241. The zero-order valence-corrected chi connectivity index (χ0v) is 11.2. The molecule has 0 saturated heterocycles. The fourth-order valence-electron chi connectivity index (χ4n) is 1.68. The molecule has 0 heterocycles. The average Bonchev–Trinajstić information content (AvgIpc) is 2.39. The second-order valence-corrected chi connectivity index (χ2v) is 4.35. The Morgan fingerprint density at radius 1 is 1.55 bits per heavy atom. The summed E-state index contributed by atoms with van der Waals surface area (Å²) in [6.45, 7) is 0.555.